The third-order valence-electron chi connectivity index (χ3n) is 9.59. The van der Waals surface area contributed by atoms with Crippen LogP contribution in [0.2, 0.25) is 19.6 Å². The van der Waals surface area contributed by atoms with Crippen molar-refractivity contribution in [2.24, 2.45) is 0 Å². The molecule has 9 aromatic rings. The summed E-state index contributed by atoms with van der Waals surface area (Å²) < 4.78 is 21.9. The zero-order chi connectivity index (χ0) is 37.5. The fourth-order valence-electron chi connectivity index (χ4n) is 6.89. The number of aromatic nitrogens is 2. The van der Waals surface area contributed by atoms with Crippen molar-refractivity contribution < 1.29 is 24.2 Å². The largest absolute Gasteiger partial charge is 0.358 e. The molecular weight excluding hydrogens is 837 g/mol. The molecule has 0 N–H and O–H groups in total. The van der Waals surface area contributed by atoms with E-state index in [1.807, 2.05) is 36.4 Å². The molecule has 0 saturated carbocycles. The van der Waals surface area contributed by atoms with Crippen LogP contribution in [0.1, 0.15) is 9.81 Å². The predicted octanol–water partition coefficient (Wildman–Crippen LogP) is 12.9. The van der Waals surface area contributed by atoms with Gasteiger partial charge in [-0.3, -0.25) is 4.98 Å². The van der Waals surface area contributed by atoms with Crippen LogP contribution in [-0.2, 0) is 20.1 Å². The Hall–Kier alpha value is -5.25. The van der Waals surface area contributed by atoms with Gasteiger partial charge in [0, 0.05) is 41.7 Å². The van der Waals surface area contributed by atoms with Gasteiger partial charge in [-0.25, -0.2) is 0 Å². The molecule has 1 radical (unpaired) electrons. The number of pyridine rings is 2. The van der Waals surface area contributed by atoms with Crippen molar-refractivity contribution in [1.29, 1.82) is 0 Å². The molecule has 263 valence electrons. The minimum absolute atomic E-state index is 0. The van der Waals surface area contributed by atoms with Gasteiger partial charge in [-0.05, 0) is 74.0 Å². The maximum absolute atomic E-state index is 7.30. The average Bonchev–Trinajstić information content (AvgIpc) is 3.20. The van der Waals surface area contributed by atoms with E-state index in [4.69, 9.17) is 9.10 Å². The molecule has 0 bridgehead atoms. The number of rotatable bonds is 4. The van der Waals surface area contributed by atoms with E-state index < -0.39 is 14.9 Å². The van der Waals surface area contributed by atoms with E-state index in [9.17, 15) is 0 Å². The van der Waals surface area contributed by atoms with Crippen LogP contribution in [0.3, 0.4) is 0 Å². The molecule has 0 unspecified atom stereocenters. The van der Waals surface area contributed by atoms with E-state index in [1.54, 1.807) is 6.07 Å². The van der Waals surface area contributed by atoms with Gasteiger partial charge in [0.05, 0.1) is 13.8 Å². The van der Waals surface area contributed by atoms with Crippen LogP contribution in [-0.4, -0.2) is 18.0 Å². The van der Waals surface area contributed by atoms with Gasteiger partial charge in [-0.15, -0.1) is 23.8 Å². The van der Waals surface area contributed by atoms with Gasteiger partial charge in [-0.2, -0.15) is 0 Å². The fraction of sp³-hybridized carbons (Fsp3) is 0.0816. The molecule has 2 heterocycles. The smallest absolute Gasteiger partial charge is 0.0795 e. The monoisotopic (exact) mass is 882 g/mol. The molecule has 0 atom stereocenters. The number of aryl methyl sites for hydroxylation is 1. The van der Waals surface area contributed by atoms with Crippen molar-refractivity contribution in [2.45, 2.75) is 26.5 Å². The quantitative estimate of drug-likeness (QED) is 0.1000. The molecule has 0 spiro atoms. The van der Waals surface area contributed by atoms with Crippen LogP contribution < -0.4 is 5.19 Å². The number of hydrogen-bond donors (Lipinski definition) is 0. The summed E-state index contributed by atoms with van der Waals surface area (Å²) in [5.41, 5.74) is 6.27. The third-order valence-corrected chi connectivity index (χ3v) is 11.6. The number of fused-ring (bicyclic) bond motifs is 7. The maximum Gasteiger partial charge on any atom is 0.0795 e. The Morgan fingerprint density at radius 1 is 0.547 bits per heavy atom. The van der Waals surface area contributed by atoms with Crippen molar-refractivity contribution in [2.75, 3.05) is 0 Å². The summed E-state index contributed by atoms with van der Waals surface area (Å²) in [6.07, 6.45) is 2.06. The summed E-state index contributed by atoms with van der Waals surface area (Å²) in [7, 11) is -1.39. The van der Waals surface area contributed by atoms with Crippen molar-refractivity contribution in [3.8, 4) is 33.6 Å². The minimum atomic E-state index is -2.15. The van der Waals surface area contributed by atoms with Crippen molar-refractivity contribution >= 4 is 56.4 Å². The summed E-state index contributed by atoms with van der Waals surface area (Å²) in [6, 6.07) is 57.9. The second-order valence-electron chi connectivity index (χ2n) is 14.0. The number of nitrogens with zero attached hydrogens (tertiary/aromatic N) is 2. The van der Waals surface area contributed by atoms with Crippen LogP contribution in [0.15, 0.2) is 164 Å². The molecule has 7 aromatic carbocycles. The molecule has 2 aromatic heterocycles. The van der Waals surface area contributed by atoms with Gasteiger partial charge in [0.1, 0.15) is 0 Å². The van der Waals surface area contributed by atoms with Crippen LogP contribution in [0.25, 0.3) is 76.7 Å². The summed E-state index contributed by atoms with van der Waals surface area (Å²) >= 11 is 0. The SMILES string of the molecule is C[Si](C)(C)c1ccc(-c2[c-]cc3c4ccccc4c4cc(-c5cccc6ccccc56)ccc4c3c2)nc1.[2H]C([2H])([2H])c1cccc(-c2ccccc2)n1.[CH3-].[Ir]. The molecule has 0 saturated heterocycles. The van der Waals surface area contributed by atoms with Gasteiger partial charge in [0.2, 0.25) is 0 Å². The normalized spacial score (nSPS) is 12.2. The first kappa shape index (κ1) is 33.6. The first-order valence-electron chi connectivity index (χ1n) is 18.8. The maximum atomic E-state index is 7.30. The van der Waals surface area contributed by atoms with E-state index in [1.165, 1.54) is 65.5 Å². The number of benzene rings is 7. The first-order valence-corrected chi connectivity index (χ1v) is 20.8. The summed E-state index contributed by atoms with van der Waals surface area (Å²) in [6.45, 7) is 4.92. The van der Waals surface area contributed by atoms with Gasteiger partial charge in [-0.1, -0.05) is 163 Å². The Morgan fingerprint density at radius 3 is 1.94 bits per heavy atom. The Kier molecular flexibility index (Phi) is 9.99. The van der Waals surface area contributed by atoms with Gasteiger partial charge in [0.25, 0.3) is 0 Å². The van der Waals surface area contributed by atoms with Crippen molar-refractivity contribution in [3.63, 3.8) is 0 Å². The van der Waals surface area contributed by atoms with E-state index >= 15 is 0 Å². The topological polar surface area (TPSA) is 25.8 Å². The first-order chi connectivity index (χ1) is 26.0. The summed E-state index contributed by atoms with van der Waals surface area (Å²) in [4.78, 5) is 9.00. The molecule has 0 amide bonds. The van der Waals surface area contributed by atoms with E-state index in [2.05, 4.69) is 146 Å². The van der Waals surface area contributed by atoms with Gasteiger partial charge >= 0.3 is 0 Å². The van der Waals surface area contributed by atoms with Crippen molar-refractivity contribution in [3.05, 3.63) is 183 Å². The van der Waals surface area contributed by atoms with Crippen LogP contribution in [0, 0.1) is 20.3 Å². The van der Waals surface area contributed by atoms with E-state index in [-0.39, 0.29) is 33.2 Å². The molecule has 2 nitrogen and oxygen atoms in total. The molecular formula is C49H42IrN2Si-2. The second-order valence-corrected chi connectivity index (χ2v) is 19.0. The zero-order valence-electron chi connectivity index (χ0n) is 33.3. The summed E-state index contributed by atoms with van der Waals surface area (Å²) in [5.74, 6) is 0. The molecule has 0 aliphatic rings. The van der Waals surface area contributed by atoms with Crippen LogP contribution in [0.5, 0.6) is 0 Å². The van der Waals surface area contributed by atoms with Crippen LogP contribution in [0.4, 0.5) is 0 Å². The zero-order valence-corrected chi connectivity index (χ0v) is 33.7. The predicted molar refractivity (Wildman–Crippen MR) is 228 cm³/mol. The molecule has 0 aliphatic heterocycles. The van der Waals surface area contributed by atoms with E-state index in [0.717, 1.165) is 16.8 Å². The molecule has 0 aliphatic carbocycles. The van der Waals surface area contributed by atoms with Crippen LogP contribution >= 0.6 is 0 Å². The molecule has 9 rings (SSSR count). The Morgan fingerprint density at radius 2 is 1.21 bits per heavy atom. The van der Waals surface area contributed by atoms with Gasteiger partial charge in [0.15, 0.2) is 0 Å². The number of hydrogen-bond acceptors (Lipinski definition) is 2. The standard InChI is InChI=1S/C36H28NSi.C12H11N.CH3.Ir/c1-38(2,3)27-17-20-36(37-23-27)26-16-19-32-30-12-6-7-13-31(30)34-21-25(15-18-33(34)35(32)22-26)29-14-8-10-24-9-4-5-11-28(24)29;1-10-6-5-9-12(13-10)11-7-3-2-4-8-11;;/h4-15,17-23H,1-3H3;2-9H,1H3;1H3;/q-1;;-1;/i;1D3;;. The molecule has 0 fully saturated rings. The van der Waals surface area contributed by atoms with Gasteiger partial charge < -0.3 is 12.4 Å². The second kappa shape index (κ2) is 15.8. The fourth-order valence-corrected chi connectivity index (χ4v) is 7.92. The summed E-state index contributed by atoms with van der Waals surface area (Å²) in [5, 5.41) is 11.5. The Bertz CT molecular complexity index is 2790. The Balaban J connectivity index is 0.000000250. The minimum Gasteiger partial charge on any atom is -0.358 e. The van der Waals surface area contributed by atoms with E-state index in [0.29, 0.717) is 5.69 Å². The third kappa shape index (κ3) is 7.63. The van der Waals surface area contributed by atoms with Crippen molar-refractivity contribution in [1.82, 2.24) is 9.97 Å². The molecule has 53 heavy (non-hydrogen) atoms. The average molecular weight is 882 g/mol. The Labute approximate surface area is 332 Å². The molecule has 4 heteroatoms.